The molecule has 0 saturated carbocycles. The highest BCUT2D eigenvalue weighted by Gasteiger charge is 1.90. The molecule has 1 N–H and O–H groups in total. The molecule has 0 amide bonds. The first kappa shape index (κ1) is 7.92. The van der Waals surface area contributed by atoms with Crippen LogP contribution in [0.5, 0.6) is 0 Å². The summed E-state index contributed by atoms with van der Waals surface area (Å²) in [6, 6.07) is 0. The third kappa shape index (κ3) is 4.09. The van der Waals surface area contributed by atoms with Gasteiger partial charge in [0.25, 0.3) is 0 Å². The minimum atomic E-state index is 0.0463. The van der Waals surface area contributed by atoms with Crippen LogP contribution in [0.3, 0.4) is 0 Å². The smallest absolute Gasteiger partial charge is 0.0642 e. The average molecular weight is 177 g/mol. The highest BCUT2D eigenvalue weighted by atomic mass is 79.9. The lowest BCUT2D eigenvalue weighted by atomic mass is 10.2. The van der Waals surface area contributed by atoms with Gasteiger partial charge in [-0.15, -0.1) is 0 Å². The van der Waals surface area contributed by atoms with Crippen LogP contribution in [0.4, 0.5) is 0 Å². The molecule has 0 unspecified atom stereocenters. The maximum Gasteiger partial charge on any atom is 0.0642 e. The molecule has 0 bridgehead atoms. The number of hydrogen-bond acceptors (Lipinski definition) is 1. The summed E-state index contributed by atoms with van der Waals surface area (Å²) in [4.78, 5) is 0. The van der Waals surface area contributed by atoms with Crippen molar-refractivity contribution in [2.75, 3.05) is 6.61 Å². The van der Waals surface area contributed by atoms with E-state index in [2.05, 4.69) is 29.1 Å². The van der Waals surface area contributed by atoms with E-state index in [1.165, 1.54) is 0 Å². The molecular formula is C6H9BrO. The molecule has 0 saturated heterocycles. The third-order valence-electron chi connectivity index (χ3n) is 0.665. The van der Waals surface area contributed by atoms with Crippen molar-refractivity contribution in [1.82, 2.24) is 0 Å². The SMILES string of the molecule is C=C(Br)CC(=C)CO. The predicted octanol–water partition coefficient (Wildman–Crippen LogP) is 1.83. The summed E-state index contributed by atoms with van der Waals surface area (Å²) in [5.74, 6) is 0. The van der Waals surface area contributed by atoms with Crippen molar-refractivity contribution in [3.8, 4) is 0 Å². The van der Waals surface area contributed by atoms with E-state index >= 15 is 0 Å². The molecule has 0 radical (unpaired) electrons. The van der Waals surface area contributed by atoms with Crippen molar-refractivity contribution < 1.29 is 5.11 Å². The summed E-state index contributed by atoms with van der Waals surface area (Å²) in [6.45, 7) is 7.21. The maximum atomic E-state index is 8.42. The van der Waals surface area contributed by atoms with E-state index in [-0.39, 0.29) is 6.61 Å². The first-order chi connectivity index (χ1) is 3.66. The Bertz CT molecular complexity index is 107. The molecular weight excluding hydrogens is 168 g/mol. The molecule has 0 fully saturated rings. The van der Waals surface area contributed by atoms with Crippen molar-refractivity contribution in [3.63, 3.8) is 0 Å². The minimum Gasteiger partial charge on any atom is -0.392 e. The van der Waals surface area contributed by atoms with Gasteiger partial charge < -0.3 is 5.11 Å². The predicted molar refractivity (Wildman–Crippen MR) is 38.9 cm³/mol. The van der Waals surface area contributed by atoms with Gasteiger partial charge in [0, 0.05) is 6.42 Å². The third-order valence-corrected chi connectivity index (χ3v) is 0.946. The standard InChI is InChI=1S/C6H9BrO/c1-5(4-8)3-6(2)7/h8H,1-4H2. The average Bonchev–Trinajstić information content (AvgIpc) is 1.65. The van der Waals surface area contributed by atoms with Gasteiger partial charge in [-0.05, 0) is 10.1 Å². The van der Waals surface area contributed by atoms with Gasteiger partial charge in [-0.1, -0.05) is 29.1 Å². The second kappa shape index (κ2) is 3.87. The lowest BCUT2D eigenvalue weighted by molar-refractivity contribution is 0.329. The Balaban J connectivity index is 3.40. The van der Waals surface area contributed by atoms with E-state index in [0.29, 0.717) is 6.42 Å². The van der Waals surface area contributed by atoms with Crippen LogP contribution >= 0.6 is 15.9 Å². The van der Waals surface area contributed by atoms with Gasteiger partial charge in [0.1, 0.15) is 0 Å². The summed E-state index contributed by atoms with van der Waals surface area (Å²) in [7, 11) is 0. The first-order valence-corrected chi connectivity index (χ1v) is 3.07. The van der Waals surface area contributed by atoms with E-state index in [1.54, 1.807) is 0 Å². The molecule has 0 aromatic rings. The molecule has 2 heteroatoms. The maximum absolute atomic E-state index is 8.42. The van der Waals surface area contributed by atoms with Crippen LogP contribution in [0, 0.1) is 0 Å². The van der Waals surface area contributed by atoms with E-state index in [0.717, 1.165) is 10.1 Å². The molecule has 1 nitrogen and oxygen atoms in total. The van der Waals surface area contributed by atoms with Gasteiger partial charge in [0.05, 0.1) is 6.61 Å². The minimum absolute atomic E-state index is 0.0463. The summed E-state index contributed by atoms with van der Waals surface area (Å²) in [5, 5.41) is 8.42. The number of rotatable bonds is 3. The van der Waals surface area contributed by atoms with E-state index in [1.807, 2.05) is 0 Å². The monoisotopic (exact) mass is 176 g/mol. The van der Waals surface area contributed by atoms with Crippen LogP contribution in [-0.4, -0.2) is 11.7 Å². The van der Waals surface area contributed by atoms with Gasteiger partial charge in [-0.3, -0.25) is 0 Å². The zero-order valence-electron chi connectivity index (χ0n) is 4.65. The summed E-state index contributed by atoms with van der Waals surface area (Å²) in [6.07, 6.45) is 0.663. The quantitative estimate of drug-likeness (QED) is 0.652. The second-order valence-corrected chi connectivity index (χ2v) is 2.72. The number of hydrogen-bond donors (Lipinski definition) is 1. The fourth-order valence-corrected chi connectivity index (χ4v) is 0.724. The molecule has 0 aromatic heterocycles. The Morgan fingerprint density at radius 2 is 2.00 bits per heavy atom. The van der Waals surface area contributed by atoms with Crippen molar-refractivity contribution in [2.45, 2.75) is 6.42 Å². The Hall–Kier alpha value is -0.0800. The topological polar surface area (TPSA) is 20.2 Å². The van der Waals surface area contributed by atoms with Crippen LogP contribution in [0.1, 0.15) is 6.42 Å². The number of aliphatic hydroxyl groups excluding tert-OH is 1. The Morgan fingerprint density at radius 1 is 1.50 bits per heavy atom. The van der Waals surface area contributed by atoms with Gasteiger partial charge in [0.15, 0.2) is 0 Å². The highest BCUT2D eigenvalue weighted by molar-refractivity contribution is 9.11. The lowest BCUT2D eigenvalue weighted by Gasteiger charge is -1.96. The molecule has 0 aliphatic heterocycles. The summed E-state index contributed by atoms with van der Waals surface area (Å²) < 4.78 is 0.858. The Morgan fingerprint density at radius 3 is 2.12 bits per heavy atom. The van der Waals surface area contributed by atoms with Crippen LogP contribution in [0.25, 0.3) is 0 Å². The van der Waals surface area contributed by atoms with Crippen molar-refractivity contribution in [3.05, 3.63) is 23.2 Å². The van der Waals surface area contributed by atoms with Crippen LogP contribution in [-0.2, 0) is 0 Å². The van der Waals surface area contributed by atoms with E-state index in [9.17, 15) is 0 Å². The molecule has 0 aliphatic rings. The molecule has 0 spiro atoms. The van der Waals surface area contributed by atoms with Crippen molar-refractivity contribution in [2.24, 2.45) is 0 Å². The van der Waals surface area contributed by atoms with Crippen LogP contribution in [0.2, 0.25) is 0 Å². The van der Waals surface area contributed by atoms with Crippen LogP contribution in [0.15, 0.2) is 23.2 Å². The van der Waals surface area contributed by atoms with Gasteiger partial charge in [0.2, 0.25) is 0 Å². The van der Waals surface area contributed by atoms with Gasteiger partial charge in [-0.25, -0.2) is 0 Å². The number of aliphatic hydroxyl groups is 1. The second-order valence-electron chi connectivity index (χ2n) is 1.60. The molecule has 0 heterocycles. The molecule has 0 atom stereocenters. The Kier molecular flexibility index (Phi) is 3.83. The fraction of sp³-hybridized carbons (Fsp3) is 0.333. The zero-order valence-corrected chi connectivity index (χ0v) is 6.24. The summed E-state index contributed by atoms with van der Waals surface area (Å²) >= 11 is 3.15. The van der Waals surface area contributed by atoms with E-state index in [4.69, 9.17) is 5.11 Å². The van der Waals surface area contributed by atoms with Gasteiger partial charge in [-0.2, -0.15) is 0 Å². The lowest BCUT2D eigenvalue weighted by Crippen LogP contribution is -1.86. The normalized spacial score (nSPS) is 8.75. The molecule has 8 heavy (non-hydrogen) atoms. The van der Waals surface area contributed by atoms with Gasteiger partial charge >= 0.3 is 0 Å². The highest BCUT2D eigenvalue weighted by Crippen LogP contribution is 2.11. The molecule has 0 aromatic carbocycles. The fourth-order valence-electron chi connectivity index (χ4n) is 0.327. The largest absolute Gasteiger partial charge is 0.392 e. The Labute approximate surface area is 57.8 Å². The zero-order chi connectivity index (χ0) is 6.57. The van der Waals surface area contributed by atoms with E-state index < -0.39 is 0 Å². The summed E-state index contributed by atoms with van der Waals surface area (Å²) in [5.41, 5.74) is 0.784. The molecule has 0 rings (SSSR count). The molecule has 46 valence electrons. The van der Waals surface area contributed by atoms with Crippen molar-refractivity contribution in [1.29, 1.82) is 0 Å². The van der Waals surface area contributed by atoms with Crippen LogP contribution < -0.4 is 0 Å². The molecule has 0 aliphatic carbocycles. The number of halogens is 1. The first-order valence-electron chi connectivity index (χ1n) is 2.27. The van der Waals surface area contributed by atoms with Crippen molar-refractivity contribution >= 4 is 15.9 Å². The number of allylic oxidation sites excluding steroid dienone is 1.